The average molecular weight is 264 g/mol. The highest BCUT2D eigenvalue weighted by Crippen LogP contribution is 2.18. The number of nitrogens with zero attached hydrogens (tertiary/aromatic N) is 1. The van der Waals surface area contributed by atoms with Crippen LogP contribution in [0.5, 0.6) is 0 Å². The van der Waals surface area contributed by atoms with Crippen LogP contribution in [-0.2, 0) is 16.3 Å². The summed E-state index contributed by atoms with van der Waals surface area (Å²) < 4.78 is 22.5. The van der Waals surface area contributed by atoms with Gasteiger partial charge in [-0.1, -0.05) is 11.6 Å². The van der Waals surface area contributed by atoms with Crippen molar-refractivity contribution in [3.63, 3.8) is 0 Å². The molecule has 0 spiro atoms. The molecule has 1 N–H and O–H groups in total. The van der Waals surface area contributed by atoms with Crippen molar-refractivity contribution in [2.24, 2.45) is 0 Å². The van der Waals surface area contributed by atoms with E-state index >= 15 is 0 Å². The summed E-state index contributed by atoms with van der Waals surface area (Å²) in [5.41, 5.74) is 0.694. The number of aliphatic hydroxyl groups is 1. The molecule has 0 saturated heterocycles. The number of pyridine rings is 1. The van der Waals surface area contributed by atoms with Gasteiger partial charge in [-0.3, -0.25) is 4.98 Å². The van der Waals surface area contributed by atoms with Gasteiger partial charge in [-0.15, -0.1) is 0 Å². The molecule has 1 heterocycles. The lowest BCUT2D eigenvalue weighted by atomic mass is 10.1. The maximum Gasteiger partial charge on any atom is 0.152 e. The third kappa shape index (κ3) is 3.43. The number of aromatic nitrogens is 1. The maximum absolute atomic E-state index is 11.2. The SMILES string of the molecule is CC(C(O)Cc1ccncc1Cl)S(C)(=O)=O. The van der Waals surface area contributed by atoms with Crippen molar-refractivity contribution in [1.82, 2.24) is 4.98 Å². The first-order chi connectivity index (χ1) is 7.32. The first-order valence-electron chi connectivity index (χ1n) is 4.77. The highest BCUT2D eigenvalue weighted by Gasteiger charge is 2.24. The fourth-order valence-electron chi connectivity index (χ4n) is 1.25. The van der Waals surface area contributed by atoms with Crippen LogP contribution in [0, 0.1) is 0 Å². The first kappa shape index (κ1) is 13.4. The van der Waals surface area contributed by atoms with Gasteiger partial charge in [0.05, 0.1) is 16.4 Å². The number of hydrogen-bond donors (Lipinski definition) is 1. The Hall–Kier alpha value is -0.650. The Morgan fingerprint density at radius 1 is 1.56 bits per heavy atom. The summed E-state index contributed by atoms with van der Waals surface area (Å²) in [6.07, 6.45) is 3.37. The van der Waals surface area contributed by atoms with Gasteiger partial charge < -0.3 is 5.11 Å². The lowest BCUT2D eigenvalue weighted by molar-refractivity contribution is 0.173. The molecule has 0 bridgehead atoms. The van der Waals surface area contributed by atoms with Gasteiger partial charge in [0.2, 0.25) is 0 Å². The van der Waals surface area contributed by atoms with E-state index in [-0.39, 0.29) is 6.42 Å². The third-order valence-corrected chi connectivity index (χ3v) is 4.51. The highest BCUT2D eigenvalue weighted by atomic mass is 35.5. The smallest absolute Gasteiger partial charge is 0.152 e. The van der Waals surface area contributed by atoms with Gasteiger partial charge in [0.15, 0.2) is 9.84 Å². The van der Waals surface area contributed by atoms with Crippen molar-refractivity contribution < 1.29 is 13.5 Å². The zero-order valence-corrected chi connectivity index (χ0v) is 10.7. The molecule has 2 unspecified atom stereocenters. The van der Waals surface area contributed by atoms with Gasteiger partial charge in [0.1, 0.15) is 0 Å². The molecule has 0 fully saturated rings. The van der Waals surface area contributed by atoms with E-state index in [1.54, 1.807) is 12.3 Å². The molecule has 0 aliphatic heterocycles. The van der Waals surface area contributed by atoms with E-state index in [9.17, 15) is 13.5 Å². The second-order valence-corrected chi connectivity index (χ2v) is 6.58. The topological polar surface area (TPSA) is 67.3 Å². The molecule has 0 aliphatic rings. The molecule has 0 amide bonds. The number of rotatable bonds is 4. The minimum absolute atomic E-state index is 0.204. The Morgan fingerprint density at radius 3 is 2.69 bits per heavy atom. The maximum atomic E-state index is 11.2. The second-order valence-electron chi connectivity index (χ2n) is 3.77. The number of sulfone groups is 1. The Labute approximate surface area is 100 Å². The van der Waals surface area contributed by atoms with Crippen LogP contribution in [-0.4, -0.2) is 36.1 Å². The third-order valence-electron chi connectivity index (χ3n) is 2.50. The van der Waals surface area contributed by atoms with E-state index in [1.807, 2.05) is 0 Å². The van der Waals surface area contributed by atoms with Crippen molar-refractivity contribution in [2.75, 3.05) is 6.26 Å². The molecule has 0 radical (unpaired) electrons. The summed E-state index contributed by atoms with van der Waals surface area (Å²) in [6, 6.07) is 1.67. The number of aliphatic hydroxyl groups excluding tert-OH is 1. The minimum atomic E-state index is -3.24. The van der Waals surface area contributed by atoms with Crippen LogP contribution >= 0.6 is 11.6 Å². The second kappa shape index (κ2) is 5.12. The molecule has 1 aromatic heterocycles. The van der Waals surface area contributed by atoms with Crippen molar-refractivity contribution in [3.8, 4) is 0 Å². The first-order valence-corrected chi connectivity index (χ1v) is 7.11. The summed E-state index contributed by atoms with van der Waals surface area (Å²) in [7, 11) is -3.24. The lowest BCUT2D eigenvalue weighted by Gasteiger charge is -2.17. The van der Waals surface area contributed by atoms with Crippen LogP contribution < -0.4 is 0 Å². The van der Waals surface area contributed by atoms with Gasteiger partial charge in [-0.25, -0.2) is 8.42 Å². The zero-order valence-electron chi connectivity index (χ0n) is 9.09. The highest BCUT2D eigenvalue weighted by molar-refractivity contribution is 7.91. The molecule has 16 heavy (non-hydrogen) atoms. The van der Waals surface area contributed by atoms with Crippen molar-refractivity contribution >= 4 is 21.4 Å². The molecule has 0 aliphatic carbocycles. The summed E-state index contributed by atoms with van der Waals surface area (Å²) in [5.74, 6) is 0. The fourth-order valence-corrected chi connectivity index (χ4v) is 2.11. The quantitative estimate of drug-likeness (QED) is 0.883. The summed E-state index contributed by atoms with van der Waals surface area (Å²) in [6.45, 7) is 1.48. The lowest BCUT2D eigenvalue weighted by Crippen LogP contribution is -2.32. The van der Waals surface area contributed by atoms with Crippen LogP contribution in [0.3, 0.4) is 0 Å². The fraction of sp³-hybridized carbons (Fsp3) is 0.500. The summed E-state index contributed by atoms with van der Waals surface area (Å²) in [5, 5.41) is 9.40. The van der Waals surface area contributed by atoms with Crippen LogP contribution in [0.15, 0.2) is 18.5 Å². The van der Waals surface area contributed by atoms with Gasteiger partial charge in [-0.05, 0) is 18.6 Å². The van der Waals surface area contributed by atoms with E-state index in [0.717, 1.165) is 6.26 Å². The van der Waals surface area contributed by atoms with Crippen LogP contribution in [0.1, 0.15) is 12.5 Å². The molecule has 1 rings (SSSR count). The number of hydrogen-bond acceptors (Lipinski definition) is 4. The standard InChI is InChI=1S/C10H14ClNO3S/c1-7(16(2,14)15)10(13)5-8-3-4-12-6-9(8)11/h3-4,6-7,10,13H,5H2,1-2H3. The predicted molar refractivity (Wildman–Crippen MR) is 63.3 cm³/mol. The van der Waals surface area contributed by atoms with Gasteiger partial charge in [0, 0.05) is 25.1 Å². The molecule has 90 valence electrons. The van der Waals surface area contributed by atoms with Crippen molar-refractivity contribution in [1.29, 1.82) is 0 Å². The monoisotopic (exact) mass is 263 g/mol. The Balaban J connectivity index is 2.80. The summed E-state index contributed by atoms with van der Waals surface area (Å²) in [4.78, 5) is 3.81. The van der Waals surface area contributed by atoms with E-state index in [2.05, 4.69) is 4.98 Å². The van der Waals surface area contributed by atoms with Gasteiger partial charge in [-0.2, -0.15) is 0 Å². The zero-order chi connectivity index (χ0) is 12.3. The largest absolute Gasteiger partial charge is 0.391 e. The van der Waals surface area contributed by atoms with Crippen molar-refractivity contribution in [2.45, 2.75) is 24.7 Å². The Bertz CT molecular complexity index is 461. The van der Waals surface area contributed by atoms with Gasteiger partial charge >= 0.3 is 0 Å². The van der Waals surface area contributed by atoms with Crippen LogP contribution in [0.25, 0.3) is 0 Å². The predicted octanol–water partition coefficient (Wildman–Crippen LogP) is 1.07. The number of halogens is 1. The van der Waals surface area contributed by atoms with Crippen LogP contribution in [0.4, 0.5) is 0 Å². The average Bonchev–Trinajstić information content (AvgIpc) is 2.19. The summed E-state index contributed by atoms with van der Waals surface area (Å²) >= 11 is 5.86. The molecular weight excluding hydrogens is 250 g/mol. The van der Waals surface area contributed by atoms with E-state index < -0.39 is 21.2 Å². The van der Waals surface area contributed by atoms with Gasteiger partial charge in [0.25, 0.3) is 0 Å². The van der Waals surface area contributed by atoms with E-state index in [1.165, 1.54) is 13.1 Å². The molecule has 0 aromatic carbocycles. The van der Waals surface area contributed by atoms with E-state index in [4.69, 9.17) is 11.6 Å². The molecular formula is C10H14ClNO3S. The Kier molecular flexibility index (Phi) is 4.29. The molecule has 1 aromatic rings. The Morgan fingerprint density at radius 2 is 2.19 bits per heavy atom. The normalized spacial score (nSPS) is 15.8. The molecule has 2 atom stereocenters. The molecule has 4 nitrogen and oxygen atoms in total. The van der Waals surface area contributed by atoms with Crippen LogP contribution in [0.2, 0.25) is 5.02 Å². The van der Waals surface area contributed by atoms with Crippen molar-refractivity contribution in [3.05, 3.63) is 29.0 Å². The molecule has 0 saturated carbocycles. The molecule has 6 heteroatoms. The minimum Gasteiger partial charge on any atom is -0.391 e. The van der Waals surface area contributed by atoms with E-state index in [0.29, 0.717) is 10.6 Å².